The molecule has 28 N–H and O–H groups in total. The maximum Gasteiger partial charge on any atom is 0.336 e. The van der Waals surface area contributed by atoms with Crippen LogP contribution in [0.2, 0.25) is 0 Å². The Morgan fingerprint density at radius 2 is 0.947 bits per heavy atom. The molecule has 702 valence electrons. The molecule has 2 fully saturated rings. The number of unbranched alkanes of at least 4 members (excludes halogenated alkanes) is 4. The van der Waals surface area contributed by atoms with Gasteiger partial charge >= 0.3 is 17.9 Å². The lowest BCUT2D eigenvalue weighted by Crippen LogP contribution is -2.58. The predicted octanol–water partition coefficient (Wildman–Crippen LogP) is -1.54. The average Bonchev–Trinajstić information content (AvgIpc) is 0.762. The quantitative estimate of drug-likeness (QED) is 0.00683. The number of aromatic carboxylic acids is 1. The molecule has 1 aliphatic carbocycles. The van der Waals surface area contributed by atoms with Crippen LogP contribution in [0.15, 0.2) is 118 Å². The summed E-state index contributed by atoms with van der Waals surface area (Å²) in [5.41, 5.74) is 12.3. The lowest BCUT2D eigenvalue weighted by molar-refractivity contribution is -0.141. The highest BCUT2D eigenvalue weighted by atomic mass is 32.1. The largest absolute Gasteiger partial charge is 0.508 e. The molecule has 0 saturated carbocycles. The first-order chi connectivity index (χ1) is 62.5. The first-order valence-corrected chi connectivity index (χ1v) is 42.8. The van der Waals surface area contributed by atoms with Crippen LogP contribution < -0.4 is 107 Å². The van der Waals surface area contributed by atoms with E-state index in [1.165, 1.54) is 78.9 Å². The molecule has 8 rings (SSSR count). The Hall–Kier alpha value is -15.1. The molecule has 4 aromatic rings. The van der Waals surface area contributed by atoms with Gasteiger partial charge in [-0.2, -0.15) is 0 Å². The van der Waals surface area contributed by atoms with Crippen molar-refractivity contribution in [1.82, 2.24) is 85.1 Å². The van der Waals surface area contributed by atoms with E-state index in [0.29, 0.717) is 46.9 Å². The molecule has 3 heterocycles. The van der Waals surface area contributed by atoms with Gasteiger partial charge < -0.3 is 132 Å². The van der Waals surface area contributed by atoms with Crippen LogP contribution in [0.25, 0.3) is 33.4 Å². The zero-order valence-corrected chi connectivity index (χ0v) is 72.3. The van der Waals surface area contributed by atoms with E-state index in [-0.39, 0.29) is 154 Å². The molecule has 4 aromatic carbocycles. The molecule has 10 unspecified atom stereocenters. The summed E-state index contributed by atoms with van der Waals surface area (Å²) in [5.74, 6) is -18.0. The number of carboxylic acid groups (broad SMARTS) is 3. The molecular formula is C86H109N21O23S. The number of phenolic OH excluding ortho intramolecular Hbond substituents is 2. The van der Waals surface area contributed by atoms with E-state index in [2.05, 4.69) is 90.4 Å². The van der Waals surface area contributed by atoms with Crippen LogP contribution in [0.5, 0.6) is 11.5 Å². The van der Waals surface area contributed by atoms with Crippen molar-refractivity contribution in [3.63, 3.8) is 0 Å². The van der Waals surface area contributed by atoms with Crippen LogP contribution in [0.1, 0.15) is 138 Å². The second kappa shape index (κ2) is 50.5. The monoisotopic (exact) mass is 1840 g/mol. The summed E-state index contributed by atoms with van der Waals surface area (Å²) in [6.07, 6.45) is -2.11. The third-order valence-corrected chi connectivity index (χ3v) is 21.2. The second-order valence-corrected chi connectivity index (χ2v) is 31.6. The standard InChI is InChI=1S/C86H109N21O23S/c1-2-3-5-16-59(107-86(131)97-47-23-28-51(54(37-47)83(128)129)72-52-29-26-49(109)38-65(52)130-66-39-50(110)27-30-53(66)72)78(123)106-62(40-67(111)91-31-10-8-17-57-76(121)100-55(19-12-33-93-84(87)88)73(118)95-43-68(112)98-63(41-70(114)115)81(126)104-60(79(124)102-57)35-45-14-6-4-7-15-45)75(120)92-32-11-9-18-58-77(122)101-56(20-13-34-94-85(89)90)74(119)96-44-69(113)99-64(42-71(116)117)82(127)105-61(80(125)103-58)36-46-21-24-48(108)25-22-46/h4,6-7,14-15,21-30,37-39,55-64,108-109H,2-3,5,8-13,16-20,31-36,40-44H2,1H3,(H,91,111)(H,92,120)(H,95,118)(H,96,119)(H,98,112)(H,99,113)(H,100,121)(H,101,122)(H,102,124)(H,103,125)(H,104,126)(H,105,127)(H,106,123)(H,114,115)(H,116,117)(H,128,129)(H4,87,88,93)(H4,89,90,94)(H2,97,107,131). The molecule has 131 heavy (non-hydrogen) atoms. The Balaban J connectivity index is 1.05. The van der Waals surface area contributed by atoms with Crippen LogP contribution in [-0.4, -0.2) is 237 Å². The van der Waals surface area contributed by atoms with E-state index in [9.17, 15) is 107 Å². The normalized spacial score (nSPS) is 18.9. The molecule has 0 spiro atoms. The van der Waals surface area contributed by atoms with Gasteiger partial charge in [-0.15, -0.1) is 0 Å². The summed E-state index contributed by atoms with van der Waals surface area (Å²) in [6.45, 7) is -0.0698. The highest BCUT2D eigenvalue weighted by molar-refractivity contribution is 7.80. The average molecular weight is 1840 g/mol. The summed E-state index contributed by atoms with van der Waals surface area (Å²) in [4.78, 5) is 234. The molecule has 44 nitrogen and oxygen atoms in total. The van der Waals surface area contributed by atoms with Crippen molar-refractivity contribution in [1.29, 1.82) is 10.8 Å². The molecule has 0 aromatic heterocycles. The molecular weight excluding hydrogens is 1730 g/mol. The van der Waals surface area contributed by atoms with Gasteiger partial charge in [-0.05, 0) is 148 Å². The number of benzene rings is 5. The highest BCUT2D eigenvalue weighted by Gasteiger charge is 2.38. The maximum absolute atomic E-state index is 14.9. The minimum atomic E-state index is -1.81. The van der Waals surface area contributed by atoms with E-state index < -0.39 is 205 Å². The van der Waals surface area contributed by atoms with Crippen LogP contribution in [0.4, 0.5) is 5.69 Å². The summed E-state index contributed by atoms with van der Waals surface area (Å²) in [5, 5.41) is 110. The maximum atomic E-state index is 14.9. The summed E-state index contributed by atoms with van der Waals surface area (Å²) in [7, 11) is 0. The molecule has 0 radical (unpaired) electrons. The van der Waals surface area contributed by atoms with Crippen molar-refractivity contribution in [3.8, 4) is 33.9 Å². The van der Waals surface area contributed by atoms with Gasteiger partial charge in [0, 0.05) is 73.4 Å². The van der Waals surface area contributed by atoms with E-state index in [0.717, 1.165) is 0 Å². The first kappa shape index (κ1) is 101. The van der Waals surface area contributed by atoms with E-state index in [1.54, 1.807) is 30.3 Å². The number of carbonyl (C=O) groups excluding carboxylic acids is 13. The number of hydrogen-bond acceptors (Lipinski definition) is 23. The van der Waals surface area contributed by atoms with Gasteiger partial charge in [-0.1, -0.05) is 74.7 Å². The number of hydrogen-bond donors (Lipinski definition) is 26. The van der Waals surface area contributed by atoms with Crippen molar-refractivity contribution < 1.29 is 107 Å². The molecule has 10 atom stereocenters. The Kier molecular flexibility index (Phi) is 39.0. The molecule has 45 heteroatoms. The number of amides is 13. The number of thiocarbonyl (C=S) groups is 1. The Labute approximate surface area is 755 Å². The lowest BCUT2D eigenvalue weighted by Gasteiger charge is -2.26. The molecule has 4 aliphatic rings. The second-order valence-electron chi connectivity index (χ2n) is 31.2. The van der Waals surface area contributed by atoms with Gasteiger partial charge in [0.25, 0.3) is 0 Å². The van der Waals surface area contributed by atoms with Crippen LogP contribution >= 0.6 is 12.2 Å². The zero-order valence-electron chi connectivity index (χ0n) is 71.5. The van der Waals surface area contributed by atoms with Crippen LogP contribution in [-0.2, 0) is 84.8 Å². The first-order valence-electron chi connectivity index (χ1n) is 42.4. The van der Waals surface area contributed by atoms with E-state index >= 15 is 0 Å². The van der Waals surface area contributed by atoms with E-state index in [1.807, 2.05) is 6.92 Å². The SMILES string of the molecule is CCCCCC(NC(=S)Nc1ccc(-c2c3ccc(=O)cc-3oc3cc(O)ccc23)c(C(=O)O)c1)C(=O)NC(CC(=O)NCCCCC1NC(=O)C(Cc2ccccc2)NC(=O)C(CC(=O)O)NC(=O)CNC(=O)C(CCCNC(=N)N)NC1=O)C(=O)NCCCCC1NC(=O)C(Cc2ccc(O)cc2)NC(=O)C(CC(=O)O)NC(=O)CNC(=O)C(CCCNC(=N)N)NC1=O. The lowest BCUT2D eigenvalue weighted by atomic mass is 9.90. The smallest absolute Gasteiger partial charge is 0.336 e. The number of anilines is 1. The van der Waals surface area contributed by atoms with Gasteiger partial charge in [-0.25, -0.2) is 4.79 Å². The number of rotatable bonds is 39. The van der Waals surface area contributed by atoms with Crippen molar-refractivity contribution in [2.45, 2.75) is 189 Å². The van der Waals surface area contributed by atoms with Gasteiger partial charge in [0.2, 0.25) is 76.8 Å². The number of guanidine groups is 2. The fraction of sp³-hybridized carbons (Fsp3) is 0.419. The Morgan fingerprint density at radius 1 is 0.473 bits per heavy atom. The predicted molar refractivity (Wildman–Crippen MR) is 477 cm³/mol. The molecule has 0 bridgehead atoms. The number of carboxylic acids is 3. The van der Waals surface area contributed by atoms with Crippen molar-refractivity contribution in [3.05, 3.63) is 136 Å². The fourth-order valence-electron chi connectivity index (χ4n) is 14.4. The number of aliphatic carboxylic acids is 2. The summed E-state index contributed by atoms with van der Waals surface area (Å²) in [6, 6.07) is 10.6. The number of fused-ring (bicyclic) bond motifs is 2. The number of phenols is 2. The van der Waals surface area contributed by atoms with Crippen molar-refractivity contribution >= 4 is 141 Å². The van der Waals surface area contributed by atoms with Gasteiger partial charge in [0.1, 0.15) is 83.3 Å². The Bertz CT molecular complexity index is 5220. The third-order valence-electron chi connectivity index (χ3n) is 21.0. The number of nitrogens with one attached hydrogen (secondary N) is 19. The fourth-order valence-corrected chi connectivity index (χ4v) is 14.6. The Morgan fingerprint density at radius 3 is 1.47 bits per heavy atom. The highest BCUT2D eigenvalue weighted by Crippen LogP contribution is 2.42. The van der Waals surface area contributed by atoms with Gasteiger partial charge in [0.05, 0.1) is 37.9 Å². The van der Waals surface area contributed by atoms with E-state index in [4.69, 9.17) is 38.9 Å². The van der Waals surface area contributed by atoms with Gasteiger partial charge in [0.15, 0.2) is 22.5 Å². The number of aromatic hydroxyl groups is 2. The summed E-state index contributed by atoms with van der Waals surface area (Å²) >= 11 is 5.78. The third kappa shape index (κ3) is 32.9. The van der Waals surface area contributed by atoms with Crippen molar-refractivity contribution in [2.24, 2.45) is 11.5 Å². The number of carbonyl (C=O) groups is 16. The number of nitrogens with two attached hydrogens (primary N) is 2. The minimum Gasteiger partial charge on any atom is -0.508 e. The molecule has 13 amide bonds. The minimum absolute atomic E-state index is 0.0104. The molecule has 2 saturated heterocycles. The van der Waals surface area contributed by atoms with Gasteiger partial charge in [-0.3, -0.25) is 87.5 Å². The zero-order chi connectivity index (χ0) is 95.4. The van der Waals surface area contributed by atoms with Crippen LogP contribution in [0, 0.1) is 10.8 Å². The molecule has 3 aliphatic heterocycles. The summed E-state index contributed by atoms with van der Waals surface area (Å²) < 4.78 is 5.98. The van der Waals surface area contributed by atoms with Crippen molar-refractivity contribution in [2.75, 3.05) is 44.6 Å². The van der Waals surface area contributed by atoms with Crippen LogP contribution in [0.3, 0.4) is 0 Å². The topological polar surface area (TPSA) is 709 Å².